The first-order valence-corrected chi connectivity index (χ1v) is 6.73. The van der Waals surface area contributed by atoms with Crippen molar-refractivity contribution in [3.8, 4) is 0 Å². The topological polar surface area (TPSA) is 55.6 Å². The monoisotopic (exact) mass is 240 g/mol. The second-order valence-electron chi connectivity index (χ2n) is 5.51. The maximum Gasteiger partial charge on any atom is 0.224 e. The fourth-order valence-corrected chi connectivity index (χ4v) is 2.69. The molecule has 0 bridgehead atoms. The van der Waals surface area contributed by atoms with Crippen molar-refractivity contribution in [3.63, 3.8) is 0 Å². The number of hydrogen-bond donors (Lipinski definition) is 1. The predicted octanol–water partition coefficient (Wildman–Crippen LogP) is 0.999. The number of amides is 1. The van der Waals surface area contributed by atoms with Gasteiger partial charge in [0.25, 0.3) is 0 Å². The van der Waals surface area contributed by atoms with Crippen LogP contribution >= 0.6 is 0 Å². The van der Waals surface area contributed by atoms with Crippen molar-refractivity contribution in [3.05, 3.63) is 0 Å². The van der Waals surface area contributed by atoms with Crippen LogP contribution in [0.1, 0.15) is 32.1 Å². The summed E-state index contributed by atoms with van der Waals surface area (Å²) >= 11 is 0. The predicted molar refractivity (Wildman–Crippen MR) is 66.5 cm³/mol. The smallest absolute Gasteiger partial charge is 0.224 e. The lowest BCUT2D eigenvalue weighted by atomic mass is 9.98. The summed E-state index contributed by atoms with van der Waals surface area (Å²) < 4.78 is 5.18. The van der Waals surface area contributed by atoms with E-state index < -0.39 is 0 Å². The minimum absolute atomic E-state index is 0.0882. The van der Waals surface area contributed by atoms with Crippen LogP contribution in [-0.2, 0) is 9.53 Å². The van der Waals surface area contributed by atoms with Gasteiger partial charge in [-0.3, -0.25) is 4.79 Å². The molecule has 4 heteroatoms. The van der Waals surface area contributed by atoms with Crippen LogP contribution in [0, 0.1) is 11.8 Å². The molecule has 2 aliphatic rings. The molecule has 0 radical (unpaired) electrons. The van der Waals surface area contributed by atoms with E-state index >= 15 is 0 Å². The van der Waals surface area contributed by atoms with E-state index in [0.29, 0.717) is 18.3 Å². The molecule has 2 N–H and O–H groups in total. The van der Waals surface area contributed by atoms with E-state index in [1.54, 1.807) is 7.11 Å². The van der Waals surface area contributed by atoms with Crippen molar-refractivity contribution in [1.82, 2.24) is 4.90 Å². The van der Waals surface area contributed by atoms with Crippen LogP contribution in [0.2, 0.25) is 0 Å². The number of nitrogens with two attached hydrogens (primary N) is 1. The lowest BCUT2D eigenvalue weighted by molar-refractivity contribution is -0.133. The number of rotatable bonds is 5. The Morgan fingerprint density at radius 2 is 2.24 bits per heavy atom. The molecule has 2 rings (SSSR count). The highest BCUT2D eigenvalue weighted by atomic mass is 16.5. The summed E-state index contributed by atoms with van der Waals surface area (Å²) in [5.41, 5.74) is 6.01. The largest absolute Gasteiger partial charge is 0.384 e. The maximum atomic E-state index is 12.1. The molecule has 4 nitrogen and oxygen atoms in total. The molecule has 1 heterocycles. The first-order valence-electron chi connectivity index (χ1n) is 6.73. The highest BCUT2D eigenvalue weighted by Crippen LogP contribution is 2.33. The van der Waals surface area contributed by atoms with E-state index in [1.807, 2.05) is 4.90 Å². The molecule has 0 aromatic carbocycles. The van der Waals surface area contributed by atoms with Crippen LogP contribution in [0.25, 0.3) is 0 Å². The second-order valence-corrected chi connectivity index (χ2v) is 5.51. The van der Waals surface area contributed by atoms with Gasteiger partial charge in [0.15, 0.2) is 0 Å². The summed E-state index contributed by atoms with van der Waals surface area (Å²) in [7, 11) is 1.73. The fraction of sp³-hybridized carbons (Fsp3) is 0.923. The van der Waals surface area contributed by atoms with Crippen LogP contribution < -0.4 is 5.73 Å². The van der Waals surface area contributed by atoms with E-state index in [2.05, 4.69) is 0 Å². The quantitative estimate of drug-likeness (QED) is 0.780. The number of ether oxygens (including phenoxy) is 1. The molecular formula is C13H24N2O2. The van der Waals surface area contributed by atoms with Gasteiger partial charge in [0.05, 0.1) is 6.61 Å². The number of nitrogens with zero attached hydrogens (tertiary/aromatic N) is 1. The number of carbonyl (C=O) groups is 1. The molecule has 17 heavy (non-hydrogen) atoms. The van der Waals surface area contributed by atoms with Gasteiger partial charge in [-0.05, 0) is 37.5 Å². The highest BCUT2D eigenvalue weighted by Gasteiger charge is 2.32. The Balaban J connectivity index is 1.77. The first kappa shape index (κ1) is 12.8. The molecule has 0 unspecified atom stereocenters. The number of likely N-dealkylation sites (tertiary alicyclic amines) is 1. The summed E-state index contributed by atoms with van der Waals surface area (Å²) in [6.45, 7) is 2.51. The second kappa shape index (κ2) is 5.83. The third-order valence-electron chi connectivity index (χ3n) is 3.91. The highest BCUT2D eigenvalue weighted by molar-refractivity contribution is 5.77. The zero-order chi connectivity index (χ0) is 12.3. The minimum Gasteiger partial charge on any atom is -0.384 e. The van der Waals surface area contributed by atoms with Gasteiger partial charge in [0.1, 0.15) is 0 Å². The normalized spacial score (nSPS) is 26.9. The summed E-state index contributed by atoms with van der Waals surface area (Å²) in [6, 6.07) is 0.0882. The summed E-state index contributed by atoms with van der Waals surface area (Å²) in [5, 5.41) is 0. The molecule has 1 saturated carbocycles. The molecule has 98 valence electrons. The van der Waals surface area contributed by atoms with Crippen molar-refractivity contribution >= 4 is 5.91 Å². The van der Waals surface area contributed by atoms with Gasteiger partial charge in [0.2, 0.25) is 5.91 Å². The Kier molecular flexibility index (Phi) is 4.40. The van der Waals surface area contributed by atoms with E-state index in [9.17, 15) is 4.79 Å². The summed E-state index contributed by atoms with van der Waals surface area (Å²) in [6.07, 6.45) is 5.22. The summed E-state index contributed by atoms with van der Waals surface area (Å²) in [5.74, 6) is 1.36. The van der Waals surface area contributed by atoms with Crippen LogP contribution in [-0.4, -0.2) is 43.7 Å². The van der Waals surface area contributed by atoms with Gasteiger partial charge < -0.3 is 15.4 Å². The molecule has 0 spiro atoms. The standard InChI is InChI=1S/C13H24N2O2/c1-17-9-10-3-2-6-15(8-10)13(16)7-12(14)11-4-5-11/h10-12H,2-9,14H2,1H3/t10-,12+/m1/s1. The molecule has 1 aliphatic heterocycles. The molecule has 0 aromatic heterocycles. The van der Waals surface area contributed by atoms with E-state index in [4.69, 9.17) is 10.5 Å². The van der Waals surface area contributed by atoms with Gasteiger partial charge in [-0.1, -0.05) is 0 Å². The maximum absolute atomic E-state index is 12.1. The average Bonchev–Trinajstić information content (AvgIpc) is 3.13. The molecule has 1 amide bonds. The molecule has 0 aromatic rings. The Hall–Kier alpha value is -0.610. The third-order valence-corrected chi connectivity index (χ3v) is 3.91. The Labute approximate surface area is 103 Å². The number of piperidine rings is 1. The minimum atomic E-state index is 0.0882. The first-order chi connectivity index (χ1) is 8.20. The number of hydrogen-bond acceptors (Lipinski definition) is 3. The Morgan fingerprint density at radius 3 is 2.88 bits per heavy atom. The average molecular weight is 240 g/mol. The van der Waals surface area contributed by atoms with Crippen molar-refractivity contribution in [2.24, 2.45) is 17.6 Å². The van der Waals surface area contributed by atoms with E-state index in [-0.39, 0.29) is 11.9 Å². The number of methoxy groups -OCH3 is 1. The van der Waals surface area contributed by atoms with Crippen molar-refractivity contribution in [2.45, 2.75) is 38.1 Å². The third kappa shape index (κ3) is 3.68. The van der Waals surface area contributed by atoms with Gasteiger partial charge >= 0.3 is 0 Å². The Morgan fingerprint density at radius 1 is 1.47 bits per heavy atom. The van der Waals surface area contributed by atoms with E-state index in [0.717, 1.165) is 26.1 Å². The van der Waals surface area contributed by atoms with Gasteiger partial charge in [-0.25, -0.2) is 0 Å². The van der Waals surface area contributed by atoms with Crippen molar-refractivity contribution < 1.29 is 9.53 Å². The van der Waals surface area contributed by atoms with E-state index in [1.165, 1.54) is 19.3 Å². The number of carbonyl (C=O) groups excluding carboxylic acids is 1. The van der Waals surface area contributed by atoms with Crippen molar-refractivity contribution in [1.29, 1.82) is 0 Å². The molecule has 2 atom stereocenters. The molecule has 2 fully saturated rings. The van der Waals surface area contributed by atoms with Crippen LogP contribution in [0.5, 0.6) is 0 Å². The zero-order valence-corrected chi connectivity index (χ0v) is 10.7. The SMILES string of the molecule is COC[C@@H]1CCCN(C(=O)C[C@H](N)C2CC2)C1. The molecule has 1 saturated heterocycles. The summed E-state index contributed by atoms with van der Waals surface area (Å²) in [4.78, 5) is 14.1. The van der Waals surface area contributed by atoms with Gasteiger partial charge in [-0.15, -0.1) is 0 Å². The van der Waals surface area contributed by atoms with Crippen LogP contribution in [0.15, 0.2) is 0 Å². The molecule has 1 aliphatic carbocycles. The van der Waals surface area contributed by atoms with Crippen LogP contribution in [0.3, 0.4) is 0 Å². The van der Waals surface area contributed by atoms with Gasteiger partial charge in [0, 0.05) is 32.7 Å². The molecular weight excluding hydrogens is 216 g/mol. The lowest BCUT2D eigenvalue weighted by Gasteiger charge is -2.33. The lowest BCUT2D eigenvalue weighted by Crippen LogP contribution is -2.43. The van der Waals surface area contributed by atoms with Gasteiger partial charge in [-0.2, -0.15) is 0 Å². The fourth-order valence-electron chi connectivity index (χ4n) is 2.69. The van der Waals surface area contributed by atoms with Crippen molar-refractivity contribution in [2.75, 3.05) is 26.8 Å². The zero-order valence-electron chi connectivity index (χ0n) is 10.7. The van der Waals surface area contributed by atoms with Crippen LogP contribution in [0.4, 0.5) is 0 Å². The Bertz CT molecular complexity index is 264.